The van der Waals surface area contributed by atoms with Gasteiger partial charge in [-0.3, -0.25) is 4.90 Å². The van der Waals surface area contributed by atoms with E-state index in [-0.39, 0.29) is 0 Å². The second-order valence-electron chi connectivity index (χ2n) is 5.27. The smallest absolute Gasteiger partial charge is 0.155 e. The van der Waals surface area contributed by atoms with Crippen molar-refractivity contribution in [3.63, 3.8) is 0 Å². The average molecular weight is 249 g/mol. The van der Waals surface area contributed by atoms with E-state index in [0.29, 0.717) is 6.54 Å². The largest absolute Gasteiger partial charge is 0.352 e. The first-order valence-electron chi connectivity index (χ1n) is 6.68. The highest BCUT2D eigenvalue weighted by molar-refractivity contribution is 5.45. The van der Waals surface area contributed by atoms with Crippen LogP contribution < -0.4 is 10.6 Å². The van der Waals surface area contributed by atoms with E-state index in [1.807, 2.05) is 6.07 Å². The zero-order chi connectivity index (χ0) is 13.0. The van der Waals surface area contributed by atoms with Crippen LogP contribution in [0.1, 0.15) is 19.4 Å². The Hall–Kier alpha value is -1.20. The van der Waals surface area contributed by atoms with Gasteiger partial charge in [0.05, 0.1) is 6.20 Å². The van der Waals surface area contributed by atoms with Gasteiger partial charge in [0.25, 0.3) is 0 Å². The van der Waals surface area contributed by atoms with Gasteiger partial charge in [-0.05, 0) is 12.0 Å². The SMILES string of the molecule is CC(C)CN1CCN(c2nnccc2CN)CC1. The number of anilines is 1. The molecule has 18 heavy (non-hydrogen) atoms. The molecular formula is C13H23N5. The summed E-state index contributed by atoms with van der Waals surface area (Å²) in [5.74, 6) is 1.69. The standard InChI is InChI=1S/C13H23N5/c1-11(2)10-17-5-7-18(8-6-17)13-12(9-14)3-4-15-16-13/h3-4,11H,5-10,14H2,1-2H3. The molecule has 1 fully saturated rings. The fourth-order valence-corrected chi connectivity index (χ4v) is 2.43. The van der Waals surface area contributed by atoms with E-state index in [0.717, 1.165) is 43.5 Å². The molecule has 0 spiro atoms. The molecule has 0 radical (unpaired) electrons. The normalized spacial score (nSPS) is 17.4. The predicted molar refractivity (Wildman–Crippen MR) is 73.4 cm³/mol. The van der Waals surface area contributed by atoms with Crippen LogP contribution in [0.5, 0.6) is 0 Å². The molecule has 100 valence electrons. The van der Waals surface area contributed by atoms with Crippen LogP contribution in [-0.2, 0) is 6.54 Å². The lowest BCUT2D eigenvalue weighted by Gasteiger charge is -2.36. The monoisotopic (exact) mass is 249 g/mol. The van der Waals surface area contributed by atoms with Crippen LogP contribution in [0.4, 0.5) is 5.82 Å². The molecule has 0 aliphatic carbocycles. The zero-order valence-corrected chi connectivity index (χ0v) is 11.3. The number of hydrogen-bond donors (Lipinski definition) is 1. The molecule has 0 bridgehead atoms. The van der Waals surface area contributed by atoms with Crippen LogP contribution >= 0.6 is 0 Å². The predicted octanol–water partition coefficient (Wildman–Crippen LogP) is 0.713. The molecule has 5 heteroatoms. The summed E-state index contributed by atoms with van der Waals surface area (Å²) in [6.07, 6.45) is 1.71. The molecule has 0 atom stereocenters. The van der Waals surface area contributed by atoms with Crippen molar-refractivity contribution in [3.8, 4) is 0 Å². The highest BCUT2D eigenvalue weighted by Crippen LogP contribution is 2.17. The van der Waals surface area contributed by atoms with Crippen LogP contribution in [0, 0.1) is 5.92 Å². The number of nitrogens with two attached hydrogens (primary N) is 1. The average Bonchev–Trinajstić information content (AvgIpc) is 2.39. The van der Waals surface area contributed by atoms with E-state index in [4.69, 9.17) is 5.73 Å². The highest BCUT2D eigenvalue weighted by atomic mass is 15.3. The van der Waals surface area contributed by atoms with E-state index in [1.165, 1.54) is 6.54 Å². The second kappa shape index (κ2) is 6.11. The first-order chi connectivity index (χ1) is 8.70. The Morgan fingerprint density at radius 3 is 2.61 bits per heavy atom. The lowest BCUT2D eigenvalue weighted by atomic mass is 10.2. The van der Waals surface area contributed by atoms with Gasteiger partial charge in [0, 0.05) is 44.8 Å². The molecule has 1 aromatic heterocycles. The summed E-state index contributed by atoms with van der Waals surface area (Å²) < 4.78 is 0. The van der Waals surface area contributed by atoms with Gasteiger partial charge in [-0.1, -0.05) is 13.8 Å². The summed E-state index contributed by atoms with van der Waals surface area (Å²) in [4.78, 5) is 4.81. The molecule has 0 saturated carbocycles. The van der Waals surface area contributed by atoms with Gasteiger partial charge in [-0.15, -0.1) is 5.10 Å². The third kappa shape index (κ3) is 3.17. The van der Waals surface area contributed by atoms with Gasteiger partial charge in [0.2, 0.25) is 0 Å². The van der Waals surface area contributed by atoms with Gasteiger partial charge in [-0.25, -0.2) is 0 Å². The minimum Gasteiger partial charge on any atom is -0.352 e. The van der Waals surface area contributed by atoms with Crippen molar-refractivity contribution in [2.24, 2.45) is 11.7 Å². The number of rotatable bonds is 4. The lowest BCUT2D eigenvalue weighted by molar-refractivity contribution is 0.230. The summed E-state index contributed by atoms with van der Waals surface area (Å²) in [6, 6.07) is 1.96. The van der Waals surface area contributed by atoms with Crippen molar-refractivity contribution in [2.45, 2.75) is 20.4 Å². The number of piperazine rings is 1. The Morgan fingerprint density at radius 1 is 1.28 bits per heavy atom. The van der Waals surface area contributed by atoms with Crippen molar-refractivity contribution < 1.29 is 0 Å². The van der Waals surface area contributed by atoms with Gasteiger partial charge >= 0.3 is 0 Å². The Morgan fingerprint density at radius 2 is 2.00 bits per heavy atom. The van der Waals surface area contributed by atoms with Crippen LogP contribution in [0.2, 0.25) is 0 Å². The fourth-order valence-electron chi connectivity index (χ4n) is 2.43. The molecule has 0 unspecified atom stereocenters. The van der Waals surface area contributed by atoms with Gasteiger partial charge in [0.15, 0.2) is 5.82 Å². The van der Waals surface area contributed by atoms with Crippen LogP contribution in [0.25, 0.3) is 0 Å². The molecule has 2 N–H and O–H groups in total. The van der Waals surface area contributed by atoms with Crippen molar-refractivity contribution in [2.75, 3.05) is 37.6 Å². The minimum atomic E-state index is 0.525. The van der Waals surface area contributed by atoms with E-state index in [2.05, 4.69) is 33.8 Å². The van der Waals surface area contributed by atoms with Crippen molar-refractivity contribution >= 4 is 5.82 Å². The van der Waals surface area contributed by atoms with Crippen LogP contribution in [0.15, 0.2) is 12.3 Å². The first kappa shape index (κ1) is 13.2. The number of aromatic nitrogens is 2. The van der Waals surface area contributed by atoms with E-state index < -0.39 is 0 Å². The molecular weight excluding hydrogens is 226 g/mol. The third-order valence-electron chi connectivity index (χ3n) is 3.30. The Labute approximate surface area is 109 Å². The summed E-state index contributed by atoms with van der Waals surface area (Å²) in [7, 11) is 0. The Kier molecular flexibility index (Phi) is 4.49. The third-order valence-corrected chi connectivity index (χ3v) is 3.30. The molecule has 2 heterocycles. The maximum Gasteiger partial charge on any atom is 0.155 e. The maximum absolute atomic E-state index is 5.75. The van der Waals surface area contributed by atoms with Crippen LogP contribution in [-0.4, -0.2) is 47.8 Å². The molecule has 0 aromatic carbocycles. The molecule has 5 nitrogen and oxygen atoms in total. The molecule has 1 aliphatic rings. The van der Waals surface area contributed by atoms with E-state index in [1.54, 1.807) is 6.20 Å². The summed E-state index contributed by atoms with van der Waals surface area (Å²) in [5.41, 5.74) is 6.83. The fraction of sp³-hybridized carbons (Fsp3) is 0.692. The maximum atomic E-state index is 5.75. The van der Waals surface area contributed by atoms with Crippen molar-refractivity contribution in [3.05, 3.63) is 17.8 Å². The molecule has 2 rings (SSSR count). The lowest BCUT2D eigenvalue weighted by Crippen LogP contribution is -2.48. The second-order valence-corrected chi connectivity index (χ2v) is 5.27. The number of nitrogens with zero attached hydrogens (tertiary/aromatic N) is 4. The summed E-state index contributed by atoms with van der Waals surface area (Å²) >= 11 is 0. The minimum absolute atomic E-state index is 0.525. The van der Waals surface area contributed by atoms with Crippen molar-refractivity contribution in [1.82, 2.24) is 15.1 Å². The first-order valence-corrected chi connectivity index (χ1v) is 6.68. The zero-order valence-electron chi connectivity index (χ0n) is 11.3. The van der Waals surface area contributed by atoms with E-state index in [9.17, 15) is 0 Å². The molecule has 1 aliphatic heterocycles. The van der Waals surface area contributed by atoms with Crippen LogP contribution in [0.3, 0.4) is 0 Å². The molecule has 0 amide bonds. The summed E-state index contributed by atoms with van der Waals surface area (Å²) in [6.45, 7) is 10.5. The highest BCUT2D eigenvalue weighted by Gasteiger charge is 2.20. The van der Waals surface area contributed by atoms with E-state index >= 15 is 0 Å². The number of hydrogen-bond acceptors (Lipinski definition) is 5. The Bertz CT molecular complexity index is 371. The van der Waals surface area contributed by atoms with Gasteiger partial charge in [-0.2, -0.15) is 5.10 Å². The quantitative estimate of drug-likeness (QED) is 0.852. The Balaban J connectivity index is 1.97. The van der Waals surface area contributed by atoms with Gasteiger partial charge < -0.3 is 10.6 Å². The topological polar surface area (TPSA) is 58.3 Å². The molecule has 1 aromatic rings. The summed E-state index contributed by atoms with van der Waals surface area (Å²) in [5, 5.41) is 8.21. The molecule has 1 saturated heterocycles. The van der Waals surface area contributed by atoms with Gasteiger partial charge in [0.1, 0.15) is 0 Å². The van der Waals surface area contributed by atoms with Crippen molar-refractivity contribution in [1.29, 1.82) is 0 Å².